The monoisotopic (exact) mass is 170 g/mol. The van der Waals surface area contributed by atoms with E-state index in [1.165, 1.54) is 6.92 Å². The number of hydrogen-bond donors (Lipinski definition) is 0. The maximum Gasteiger partial charge on any atom is 0.302 e. The smallest absolute Gasteiger partial charge is 0.302 e. The Morgan fingerprint density at radius 3 is 2.33 bits per heavy atom. The van der Waals surface area contributed by atoms with Gasteiger partial charge in [0.25, 0.3) is 0 Å². The summed E-state index contributed by atoms with van der Waals surface area (Å²) in [5.41, 5.74) is 0. The highest BCUT2D eigenvalue weighted by atomic mass is 16.5. The van der Waals surface area contributed by atoms with E-state index in [9.17, 15) is 4.79 Å². The van der Waals surface area contributed by atoms with Crippen molar-refractivity contribution >= 4 is 5.97 Å². The van der Waals surface area contributed by atoms with E-state index in [0.717, 1.165) is 0 Å². The molecule has 0 aromatic carbocycles. The minimum Gasteiger partial charge on any atom is -0.465 e. The lowest BCUT2D eigenvalue weighted by Gasteiger charge is -2.06. The van der Waals surface area contributed by atoms with Crippen LogP contribution in [0.25, 0.3) is 0 Å². The van der Waals surface area contributed by atoms with Crippen LogP contribution in [0.3, 0.4) is 0 Å². The van der Waals surface area contributed by atoms with Gasteiger partial charge in [-0.2, -0.15) is 0 Å². The van der Waals surface area contributed by atoms with Crippen molar-refractivity contribution in [2.45, 2.75) is 27.7 Å². The number of carbonyl (C=O) groups is 1. The molecule has 0 aliphatic carbocycles. The van der Waals surface area contributed by atoms with E-state index in [1.54, 1.807) is 0 Å². The lowest BCUT2D eigenvalue weighted by atomic mass is 10.1. The number of rotatable bonds is 4. The van der Waals surface area contributed by atoms with Crippen LogP contribution in [0, 0.1) is 11.8 Å². The third kappa shape index (κ3) is 7.32. The summed E-state index contributed by atoms with van der Waals surface area (Å²) in [5.74, 6) is 0.667. The van der Waals surface area contributed by atoms with Crippen molar-refractivity contribution in [1.29, 1.82) is 0 Å². The number of allylic oxidation sites excluding steroid dienone is 1. The van der Waals surface area contributed by atoms with Gasteiger partial charge < -0.3 is 4.74 Å². The molecule has 0 saturated carbocycles. The molecular weight excluding hydrogens is 152 g/mol. The molecule has 70 valence electrons. The molecule has 0 rings (SSSR count). The molecule has 0 aliphatic heterocycles. The maximum atomic E-state index is 10.4. The van der Waals surface area contributed by atoms with Crippen LogP contribution >= 0.6 is 0 Å². The van der Waals surface area contributed by atoms with Crippen LogP contribution in [0.4, 0.5) is 0 Å². The molecular formula is C10H18O2. The second kappa shape index (κ2) is 5.81. The van der Waals surface area contributed by atoms with Gasteiger partial charge in [-0.3, -0.25) is 4.79 Å². The lowest BCUT2D eigenvalue weighted by molar-refractivity contribution is -0.141. The largest absolute Gasteiger partial charge is 0.465 e. The Morgan fingerprint density at radius 2 is 1.92 bits per heavy atom. The third-order valence-electron chi connectivity index (χ3n) is 1.37. The Kier molecular flexibility index (Phi) is 5.43. The van der Waals surface area contributed by atoms with Crippen LogP contribution in [0.1, 0.15) is 27.7 Å². The van der Waals surface area contributed by atoms with Crippen molar-refractivity contribution in [3.63, 3.8) is 0 Å². The van der Waals surface area contributed by atoms with Gasteiger partial charge in [0.15, 0.2) is 0 Å². The molecule has 0 spiro atoms. The van der Waals surface area contributed by atoms with Crippen LogP contribution < -0.4 is 0 Å². The zero-order chi connectivity index (χ0) is 9.56. The van der Waals surface area contributed by atoms with Gasteiger partial charge >= 0.3 is 5.97 Å². The van der Waals surface area contributed by atoms with Crippen molar-refractivity contribution in [2.75, 3.05) is 6.61 Å². The molecule has 0 fully saturated rings. The number of carbonyl (C=O) groups excluding carboxylic acids is 1. The van der Waals surface area contributed by atoms with Crippen molar-refractivity contribution in [1.82, 2.24) is 0 Å². The molecule has 0 aromatic heterocycles. The fraction of sp³-hybridized carbons (Fsp3) is 0.700. The summed E-state index contributed by atoms with van der Waals surface area (Å²) in [6.45, 7) is 8.18. The van der Waals surface area contributed by atoms with Crippen LogP contribution in [0.15, 0.2) is 12.2 Å². The Labute approximate surface area is 74.6 Å². The SMILES string of the molecule is CC(=O)OCC(C)/C=C\C(C)C. The number of ether oxygens (including phenoxy) is 1. The second-order valence-electron chi connectivity index (χ2n) is 3.41. The van der Waals surface area contributed by atoms with E-state index in [-0.39, 0.29) is 5.97 Å². The number of hydrogen-bond acceptors (Lipinski definition) is 2. The van der Waals surface area contributed by atoms with Gasteiger partial charge in [-0.05, 0) is 5.92 Å². The van der Waals surface area contributed by atoms with Crippen LogP contribution in [0.2, 0.25) is 0 Å². The van der Waals surface area contributed by atoms with E-state index >= 15 is 0 Å². The molecule has 0 saturated heterocycles. The molecule has 0 amide bonds. The average Bonchev–Trinajstić information content (AvgIpc) is 1.96. The maximum absolute atomic E-state index is 10.4. The van der Waals surface area contributed by atoms with E-state index in [4.69, 9.17) is 4.74 Å². The molecule has 1 atom stereocenters. The topological polar surface area (TPSA) is 26.3 Å². The first-order chi connectivity index (χ1) is 5.52. The van der Waals surface area contributed by atoms with E-state index in [2.05, 4.69) is 26.0 Å². The van der Waals surface area contributed by atoms with Gasteiger partial charge in [-0.25, -0.2) is 0 Å². The molecule has 0 radical (unpaired) electrons. The average molecular weight is 170 g/mol. The van der Waals surface area contributed by atoms with Gasteiger partial charge in [-0.1, -0.05) is 32.9 Å². The molecule has 0 aromatic rings. The summed E-state index contributed by atoms with van der Waals surface area (Å²) in [6, 6.07) is 0. The van der Waals surface area contributed by atoms with Crippen molar-refractivity contribution in [2.24, 2.45) is 11.8 Å². The Bertz CT molecular complexity index is 159. The predicted octanol–water partition coefficient (Wildman–Crippen LogP) is 2.40. The molecule has 1 unspecified atom stereocenters. The Balaban J connectivity index is 3.59. The molecule has 2 heteroatoms. The fourth-order valence-electron chi connectivity index (χ4n) is 0.716. The van der Waals surface area contributed by atoms with Crippen molar-refractivity contribution in [3.05, 3.63) is 12.2 Å². The minimum absolute atomic E-state index is 0.209. The standard InChI is InChI=1S/C10H18O2/c1-8(2)5-6-9(3)7-12-10(4)11/h5-6,8-9H,7H2,1-4H3/b6-5-. The molecule has 0 N–H and O–H groups in total. The summed E-state index contributed by atoms with van der Waals surface area (Å²) >= 11 is 0. The molecule has 0 bridgehead atoms. The van der Waals surface area contributed by atoms with Gasteiger partial charge in [-0.15, -0.1) is 0 Å². The van der Waals surface area contributed by atoms with Crippen molar-refractivity contribution < 1.29 is 9.53 Å². The normalized spacial score (nSPS) is 13.8. The molecule has 0 aliphatic rings. The molecule has 0 heterocycles. The zero-order valence-electron chi connectivity index (χ0n) is 8.33. The highest BCUT2D eigenvalue weighted by molar-refractivity contribution is 5.65. The van der Waals surface area contributed by atoms with Crippen LogP contribution in [-0.2, 0) is 9.53 Å². The zero-order valence-corrected chi connectivity index (χ0v) is 8.33. The summed E-state index contributed by atoms with van der Waals surface area (Å²) < 4.78 is 4.85. The Hall–Kier alpha value is -0.790. The summed E-state index contributed by atoms with van der Waals surface area (Å²) in [4.78, 5) is 10.4. The molecule has 2 nitrogen and oxygen atoms in total. The fourth-order valence-corrected chi connectivity index (χ4v) is 0.716. The highest BCUT2D eigenvalue weighted by Crippen LogP contribution is 2.02. The first-order valence-corrected chi connectivity index (χ1v) is 4.34. The van der Waals surface area contributed by atoms with E-state index in [1.807, 2.05) is 6.92 Å². The second-order valence-corrected chi connectivity index (χ2v) is 3.41. The van der Waals surface area contributed by atoms with Gasteiger partial charge in [0, 0.05) is 12.8 Å². The highest BCUT2D eigenvalue weighted by Gasteiger charge is 1.99. The lowest BCUT2D eigenvalue weighted by Crippen LogP contribution is -2.07. The van der Waals surface area contributed by atoms with Crippen LogP contribution in [-0.4, -0.2) is 12.6 Å². The van der Waals surface area contributed by atoms with Gasteiger partial charge in [0.2, 0.25) is 0 Å². The van der Waals surface area contributed by atoms with Gasteiger partial charge in [0.1, 0.15) is 0 Å². The van der Waals surface area contributed by atoms with Crippen molar-refractivity contribution in [3.8, 4) is 0 Å². The predicted molar refractivity (Wildman–Crippen MR) is 49.8 cm³/mol. The molecule has 12 heavy (non-hydrogen) atoms. The van der Waals surface area contributed by atoms with E-state index in [0.29, 0.717) is 18.4 Å². The van der Waals surface area contributed by atoms with Crippen LogP contribution in [0.5, 0.6) is 0 Å². The summed E-state index contributed by atoms with van der Waals surface area (Å²) in [5, 5.41) is 0. The quantitative estimate of drug-likeness (QED) is 0.478. The Morgan fingerprint density at radius 1 is 1.33 bits per heavy atom. The number of esters is 1. The first-order valence-electron chi connectivity index (χ1n) is 4.34. The third-order valence-corrected chi connectivity index (χ3v) is 1.37. The minimum atomic E-state index is -0.209. The van der Waals surface area contributed by atoms with E-state index < -0.39 is 0 Å². The summed E-state index contributed by atoms with van der Waals surface area (Å²) in [6.07, 6.45) is 4.20. The summed E-state index contributed by atoms with van der Waals surface area (Å²) in [7, 11) is 0. The van der Waals surface area contributed by atoms with Gasteiger partial charge in [0.05, 0.1) is 6.61 Å². The first kappa shape index (κ1) is 11.2.